The number of nitrogens with zero attached hydrogens (tertiary/aromatic N) is 2. The number of carbonyl (C=O) groups excluding carboxylic acids is 1. The zero-order chi connectivity index (χ0) is 16.7. The molecule has 2 aromatic carbocycles. The van der Waals surface area contributed by atoms with Crippen LogP contribution in [0.1, 0.15) is 16.1 Å². The third kappa shape index (κ3) is 2.59. The molecule has 0 aliphatic rings. The third-order valence-electron chi connectivity index (χ3n) is 3.83. The number of aromatic amines is 1. The van der Waals surface area contributed by atoms with E-state index in [-0.39, 0.29) is 5.91 Å². The van der Waals surface area contributed by atoms with E-state index in [0.29, 0.717) is 22.2 Å². The van der Waals surface area contributed by atoms with Gasteiger partial charge >= 0.3 is 0 Å². The standard InChI is InChI=1S/C18H13ClN4O/c1-10-13(9-11-8-12(19)6-7-14(11)20-10)17(24)23-18-21-15-4-2-3-5-16(15)22-18/h2-9H,1H3,(H2,21,22,23,24). The fourth-order valence-corrected chi connectivity index (χ4v) is 2.84. The quantitative estimate of drug-likeness (QED) is 0.572. The zero-order valence-electron chi connectivity index (χ0n) is 12.8. The van der Waals surface area contributed by atoms with Crippen LogP contribution in [0.3, 0.4) is 0 Å². The van der Waals surface area contributed by atoms with Gasteiger partial charge in [0, 0.05) is 10.4 Å². The lowest BCUT2D eigenvalue weighted by molar-refractivity contribution is 0.102. The average molecular weight is 337 g/mol. The molecule has 0 saturated heterocycles. The number of aryl methyl sites for hydroxylation is 1. The molecule has 0 aliphatic heterocycles. The Labute approximate surface area is 142 Å². The van der Waals surface area contributed by atoms with Crippen LogP contribution in [0.5, 0.6) is 0 Å². The van der Waals surface area contributed by atoms with Crippen molar-refractivity contribution in [2.75, 3.05) is 5.32 Å². The molecule has 6 heteroatoms. The second-order valence-corrected chi connectivity index (χ2v) is 5.95. The summed E-state index contributed by atoms with van der Waals surface area (Å²) in [6.45, 7) is 1.81. The molecule has 0 saturated carbocycles. The molecular formula is C18H13ClN4O. The lowest BCUT2D eigenvalue weighted by atomic mass is 10.1. The molecule has 0 radical (unpaired) electrons. The highest BCUT2D eigenvalue weighted by Crippen LogP contribution is 2.21. The Morgan fingerprint density at radius 1 is 1.08 bits per heavy atom. The van der Waals surface area contributed by atoms with Crippen LogP contribution in [0.15, 0.2) is 48.5 Å². The number of benzene rings is 2. The summed E-state index contributed by atoms with van der Waals surface area (Å²) in [6.07, 6.45) is 0. The lowest BCUT2D eigenvalue weighted by Gasteiger charge is -2.07. The molecule has 2 aromatic heterocycles. The molecular weight excluding hydrogens is 324 g/mol. The maximum atomic E-state index is 12.6. The van der Waals surface area contributed by atoms with E-state index in [9.17, 15) is 4.79 Å². The first-order chi connectivity index (χ1) is 11.6. The minimum absolute atomic E-state index is 0.263. The molecule has 118 valence electrons. The molecule has 0 spiro atoms. The summed E-state index contributed by atoms with van der Waals surface area (Å²) in [5.74, 6) is 0.146. The predicted molar refractivity (Wildman–Crippen MR) is 95.5 cm³/mol. The van der Waals surface area contributed by atoms with E-state index in [0.717, 1.165) is 21.9 Å². The largest absolute Gasteiger partial charge is 0.324 e. The molecule has 4 aromatic rings. The van der Waals surface area contributed by atoms with E-state index in [1.165, 1.54) is 0 Å². The Hall–Kier alpha value is -2.92. The highest BCUT2D eigenvalue weighted by molar-refractivity contribution is 6.31. The minimum Gasteiger partial charge on any atom is -0.324 e. The Morgan fingerprint density at radius 2 is 1.92 bits per heavy atom. The van der Waals surface area contributed by atoms with Crippen molar-refractivity contribution in [1.82, 2.24) is 15.0 Å². The molecule has 0 atom stereocenters. The monoisotopic (exact) mass is 336 g/mol. The molecule has 4 rings (SSSR count). The van der Waals surface area contributed by atoms with Gasteiger partial charge in [-0.2, -0.15) is 0 Å². The van der Waals surface area contributed by atoms with Crippen LogP contribution < -0.4 is 5.32 Å². The first kappa shape index (κ1) is 14.7. The molecule has 0 aliphatic carbocycles. The summed E-state index contributed by atoms with van der Waals surface area (Å²) in [7, 11) is 0. The van der Waals surface area contributed by atoms with Gasteiger partial charge in [0.25, 0.3) is 5.91 Å². The number of halogens is 1. The van der Waals surface area contributed by atoms with E-state index < -0.39 is 0 Å². The summed E-state index contributed by atoms with van der Waals surface area (Å²) in [4.78, 5) is 24.5. The van der Waals surface area contributed by atoms with Crippen LogP contribution in [0.25, 0.3) is 21.9 Å². The fourth-order valence-electron chi connectivity index (χ4n) is 2.66. The van der Waals surface area contributed by atoms with Crippen molar-refractivity contribution in [3.8, 4) is 0 Å². The number of pyridine rings is 1. The van der Waals surface area contributed by atoms with Crippen molar-refractivity contribution in [3.05, 3.63) is 64.8 Å². The van der Waals surface area contributed by atoms with Gasteiger partial charge < -0.3 is 4.98 Å². The topological polar surface area (TPSA) is 70.7 Å². The number of hydrogen-bond acceptors (Lipinski definition) is 3. The van der Waals surface area contributed by atoms with Crippen LogP contribution in [0, 0.1) is 6.92 Å². The summed E-state index contributed by atoms with van der Waals surface area (Å²) in [6, 6.07) is 14.8. The average Bonchev–Trinajstić information content (AvgIpc) is 2.96. The van der Waals surface area contributed by atoms with E-state index in [1.54, 1.807) is 18.2 Å². The normalized spacial score (nSPS) is 11.1. The van der Waals surface area contributed by atoms with Gasteiger partial charge in [-0.3, -0.25) is 15.1 Å². The van der Waals surface area contributed by atoms with Crippen molar-refractivity contribution in [2.24, 2.45) is 0 Å². The van der Waals surface area contributed by atoms with Gasteiger partial charge in [-0.15, -0.1) is 0 Å². The van der Waals surface area contributed by atoms with Crippen molar-refractivity contribution < 1.29 is 4.79 Å². The Bertz CT molecular complexity index is 1050. The van der Waals surface area contributed by atoms with Crippen molar-refractivity contribution in [2.45, 2.75) is 6.92 Å². The number of aromatic nitrogens is 3. The number of anilines is 1. The van der Waals surface area contributed by atoms with Crippen LogP contribution in [0.4, 0.5) is 5.95 Å². The molecule has 0 bridgehead atoms. The van der Waals surface area contributed by atoms with Gasteiger partial charge in [-0.05, 0) is 43.3 Å². The van der Waals surface area contributed by atoms with Crippen LogP contribution >= 0.6 is 11.6 Å². The molecule has 0 unspecified atom stereocenters. The van der Waals surface area contributed by atoms with Crippen molar-refractivity contribution >= 4 is 45.4 Å². The van der Waals surface area contributed by atoms with Gasteiger partial charge in [-0.1, -0.05) is 23.7 Å². The Morgan fingerprint density at radius 3 is 2.75 bits per heavy atom. The van der Waals surface area contributed by atoms with E-state index >= 15 is 0 Å². The molecule has 1 amide bonds. The van der Waals surface area contributed by atoms with Gasteiger partial charge in [0.2, 0.25) is 5.95 Å². The highest BCUT2D eigenvalue weighted by atomic mass is 35.5. The number of nitrogens with one attached hydrogen (secondary N) is 2. The first-order valence-electron chi connectivity index (χ1n) is 7.43. The molecule has 2 N–H and O–H groups in total. The molecule has 2 heterocycles. The highest BCUT2D eigenvalue weighted by Gasteiger charge is 2.14. The first-order valence-corrected chi connectivity index (χ1v) is 7.81. The van der Waals surface area contributed by atoms with Gasteiger partial charge in [0.05, 0.1) is 27.8 Å². The number of amides is 1. The smallest absolute Gasteiger partial charge is 0.259 e. The third-order valence-corrected chi connectivity index (χ3v) is 4.07. The maximum Gasteiger partial charge on any atom is 0.259 e. The fraction of sp³-hybridized carbons (Fsp3) is 0.0556. The second kappa shape index (κ2) is 5.62. The molecule has 5 nitrogen and oxygen atoms in total. The van der Waals surface area contributed by atoms with E-state index in [1.807, 2.05) is 37.3 Å². The lowest BCUT2D eigenvalue weighted by Crippen LogP contribution is -2.15. The van der Waals surface area contributed by atoms with Crippen molar-refractivity contribution in [3.63, 3.8) is 0 Å². The van der Waals surface area contributed by atoms with Crippen molar-refractivity contribution in [1.29, 1.82) is 0 Å². The summed E-state index contributed by atoms with van der Waals surface area (Å²) >= 11 is 6.02. The number of carbonyl (C=O) groups is 1. The minimum atomic E-state index is -0.263. The number of rotatable bonds is 2. The van der Waals surface area contributed by atoms with E-state index in [4.69, 9.17) is 11.6 Å². The van der Waals surface area contributed by atoms with Crippen LogP contribution in [-0.2, 0) is 0 Å². The van der Waals surface area contributed by atoms with Gasteiger partial charge in [-0.25, -0.2) is 4.98 Å². The maximum absolute atomic E-state index is 12.6. The van der Waals surface area contributed by atoms with Gasteiger partial charge in [0.1, 0.15) is 0 Å². The van der Waals surface area contributed by atoms with E-state index in [2.05, 4.69) is 20.3 Å². The SMILES string of the molecule is Cc1nc2ccc(Cl)cc2cc1C(=O)Nc1nc2ccccc2[nH]1. The summed E-state index contributed by atoms with van der Waals surface area (Å²) in [5, 5.41) is 4.22. The van der Waals surface area contributed by atoms with Crippen LogP contribution in [0.2, 0.25) is 5.02 Å². The number of H-pyrrole nitrogens is 1. The number of para-hydroxylation sites is 2. The van der Waals surface area contributed by atoms with Gasteiger partial charge in [0.15, 0.2) is 0 Å². The Kier molecular flexibility index (Phi) is 3.43. The summed E-state index contributed by atoms with van der Waals surface area (Å²) < 4.78 is 0. The number of imidazole rings is 1. The summed E-state index contributed by atoms with van der Waals surface area (Å²) in [5.41, 5.74) is 3.61. The molecule has 0 fully saturated rings. The predicted octanol–water partition coefficient (Wildman–Crippen LogP) is 4.33. The van der Waals surface area contributed by atoms with Crippen LogP contribution in [-0.4, -0.2) is 20.9 Å². The Balaban J connectivity index is 1.70. The number of fused-ring (bicyclic) bond motifs is 2. The zero-order valence-corrected chi connectivity index (χ0v) is 13.6. The second-order valence-electron chi connectivity index (χ2n) is 5.52. The number of hydrogen-bond donors (Lipinski definition) is 2. The molecule has 24 heavy (non-hydrogen) atoms.